The van der Waals surface area contributed by atoms with E-state index in [1.165, 1.54) is 6.21 Å². The largest absolute Gasteiger partial charge is 0.489 e. The first-order chi connectivity index (χ1) is 12.5. The second-order valence-electron chi connectivity index (χ2n) is 5.87. The fraction of sp³-hybridized carbons (Fsp3) is 0.0952. The molecule has 132 valence electrons. The molecule has 0 atom stereocenters. The van der Waals surface area contributed by atoms with Gasteiger partial charge < -0.3 is 4.74 Å². The summed E-state index contributed by atoms with van der Waals surface area (Å²) in [7, 11) is -3.69. The smallest absolute Gasteiger partial charge is 0.282 e. The zero-order chi connectivity index (χ0) is 18.4. The number of nitrogens with zero attached hydrogens (tertiary/aromatic N) is 1. The van der Waals surface area contributed by atoms with Crippen molar-refractivity contribution < 1.29 is 13.2 Å². The van der Waals surface area contributed by atoms with Gasteiger partial charge in [-0.2, -0.15) is 12.8 Å². The molecule has 0 aliphatic heterocycles. The molecule has 5 heteroatoms. The van der Waals surface area contributed by atoms with Crippen LogP contribution in [0.15, 0.2) is 88.2 Å². The summed E-state index contributed by atoms with van der Waals surface area (Å²) >= 11 is 0. The lowest BCUT2D eigenvalue weighted by Gasteiger charge is -2.06. The molecular formula is C21H19NO3S. The molecule has 0 aliphatic rings. The Balaban J connectivity index is 1.65. The minimum Gasteiger partial charge on any atom is -0.489 e. The lowest BCUT2D eigenvalue weighted by molar-refractivity contribution is 0.306. The number of hydrogen-bond acceptors (Lipinski definition) is 3. The molecule has 0 amide bonds. The van der Waals surface area contributed by atoms with Crippen molar-refractivity contribution in [2.75, 3.05) is 0 Å². The molecule has 0 aliphatic carbocycles. The maximum absolute atomic E-state index is 12.2. The van der Waals surface area contributed by atoms with Gasteiger partial charge in [-0.3, -0.25) is 0 Å². The maximum Gasteiger partial charge on any atom is 0.282 e. The SMILES string of the molecule is Cc1ccc(S(=O)(=O)/N=C/c2ccc(OCc3ccccc3)cc2)cc1. The molecule has 3 aromatic carbocycles. The number of sulfonamides is 1. The van der Waals surface area contributed by atoms with Crippen LogP contribution >= 0.6 is 0 Å². The molecule has 0 saturated heterocycles. The fourth-order valence-corrected chi connectivity index (χ4v) is 3.15. The molecule has 3 rings (SSSR count). The highest BCUT2D eigenvalue weighted by Crippen LogP contribution is 2.15. The van der Waals surface area contributed by atoms with Crippen molar-refractivity contribution in [3.63, 3.8) is 0 Å². The van der Waals surface area contributed by atoms with Gasteiger partial charge in [-0.15, -0.1) is 0 Å². The Morgan fingerprint density at radius 3 is 2.19 bits per heavy atom. The molecule has 4 nitrogen and oxygen atoms in total. The molecule has 26 heavy (non-hydrogen) atoms. The van der Waals surface area contributed by atoms with Crippen LogP contribution in [0.1, 0.15) is 16.7 Å². The summed E-state index contributed by atoms with van der Waals surface area (Å²) in [6.45, 7) is 2.39. The fourth-order valence-electron chi connectivity index (χ4n) is 2.29. The van der Waals surface area contributed by atoms with E-state index in [2.05, 4.69) is 4.40 Å². The van der Waals surface area contributed by atoms with Crippen LogP contribution in [0.4, 0.5) is 0 Å². The average Bonchev–Trinajstić information content (AvgIpc) is 2.67. The highest BCUT2D eigenvalue weighted by Gasteiger charge is 2.10. The normalized spacial score (nSPS) is 11.6. The molecule has 0 bridgehead atoms. The third-order valence-electron chi connectivity index (χ3n) is 3.79. The van der Waals surface area contributed by atoms with Crippen molar-refractivity contribution in [2.24, 2.45) is 4.40 Å². The van der Waals surface area contributed by atoms with Crippen LogP contribution in [0.5, 0.6) is 5.75 Å². The maximum atomic E-state index is 12.2. The van der Waals surface area contributed by atoms with Crippen LogP contribution in [0.2, 0.25) is 0 Å². The van der Waals surface area contributed by atoms with Crippen LogP contribution in [0.25, 0.3) is 0 Å². The second-order valence-corrected chi connectivity index (χ2v) is 7.50. The summed E-state index contributed by atoms with van der Waals surface area (Å²) < 4.78 is 33.9. The first-order valence-corrected chi connectivity index (χ1v) is 9.61. The quantitative estimate of drug-likeness (QED) is 0.609. The topological polar surface area (TPSA) is 55.7 Å². The van der Waals surface area contributed by atoms with E-state index >= 15 is 0 Å². The first kappa shape index (κ1) is 17.9. The van der Waals surface area contributed by atoms with Crippen molar-refractivity contribution in [2.45, 2.75) is 18.4 Å². The van der Waals surface area contributed by atoms with Gasteiger partial charge in [0, 0.05) is 6.21 Å². The lowest BCUT2D eigenvalue weighted by atomic mass is 10.2. The number of rotatable bonds is 6. The summed E-state index contributed by atoms with van der Waals surface area (Å²) in [5.74, 6) is 0.715. The number of ether oxygens (including phenoxy) is 1. The van der Waals surface area contributed by atoms with Gasteiger partial charge in [-0.1, -0.05) is 48.0 Å². The Bertz CT molecular complexity index is 978. The third-order valence-corrected chi connectivity index (χ3v) is 5.04. The second kappa shape index (κ2) is 7.97. The molecule has 3 aromatic rings. The van der Waals surface area contributed by atoms with Crippen molar-refractivity contribution in [1.29, 1.82) is 0 Å². The minimum atomic E-state index is -3.69. The molecule has 0 radical (unpaired) electrons. The highest BCUT2D eigenvalue weighted by atomic mass is 32.2. The zero-order valence-corrected chi connectivity index (χ0v) is 15.2. The summed E-state index contributed by atoms with van der Waals surface area (Å²) in [6, 6.07) is 23.6. The van der Waals surface area contributed by atoms with Crippen LogP contribution in [0.3, 0.4) is 0 Å². The van der Waals surface area contributed by atoms with E-state index in [1.54, 1.807) is 48.5 Å². The summed E-state index contributed by atoms with van der Waals surface area (Å²) in [5, 5.41) is 0. The summed E-state index contributed by atoms with van der Waals surface area (Å²) in [4.78, 5) is 0.183. The molecule has 0 saturated carbocycles. The van der Waals surface area contributed by atoms with Gasteiger partial charge in [-0.25, -0.2) is 0 Å². The molecule has 0 aromatic heterocycles. The van der Waals surface area contributed by atoms with E-state index in [0.29, 0.717) is 17.9 Å². The lowest BCUT2D eigenvalue weighted by Crippen LogP contribution is -1.98. The van der Waals surface area contributed by atoms with Gasteiger partial charge in [-0.05, 0) is 54.4 Å². The number of benzene rings is 3. The van der Waals surface area contributed by atoms with E-state index in [0.717, 1.165) is 11.1 Å². The minimum absolute atomic E-state index is 0.183. The monoisotopic (exact) mass is 365 g/mol. The Hall–Kier alpha value is -2.92. The standard InChI is InChI=1S/C21H19NO3S/c1-17-7-13-21(14-8-17)26(23,24)22-15-18-9-11-20(12-10-18)25-16-19-5-3-2-4-6-19/h2-15H,16H2,1H3/b22-15+. The summed E-state index contributed by atoms with van der Waals surface area (Å²) in [6.07, 6.45) is 1.34. The predicted octanol–water partition coefficient (Wildman–Crippen LogP) is 4.38. The molecule has 0 fully saturated rings. The molecule has 0 spiro atoms. The molecular weight excluding hydrogens is 346 g/mol. The average molecular weight is 365 g/mol. The van der Waals surface area contributed by atoms with E-state index in [4.69, 9.17) is 4.74 Å². The Kier molecular flexibility index (Phi) is 5.49. The van der Waals surface area contributed by atoms with Crippen LogP contribution < -0.4 is 4.74 Å². The first-order valence-electron chi connectivity index (χ1n) is 8.17. The Morgan fingerprint density at radius 2 is 1.54 bits per heavy atom. The van der Waals surface area contributed by atoms with Crippen molar-refractivity contribution in [3.8, 4) is 5.75 Å². The van der Waals surface area contributed by atoms with E-state index < -0.39 is 10.0 Å². The van der Waals surface area contributed by atoms with Crippen LogP contribution in [0, 0.1) is 6.92 Å². The van der Waals surface area contributed by atoms with Crippen LogP contribution in [-0.4, -0.2) is 14.6 Å². The van der Waals surface area contributed by atoms with Gasteiger partial charge in [0.1, 0.15) is 12.4 Å². The Labute approximate surface area is 153 Å². The van der Waals surface area contributed by atoms with E-state index in [9.17, 15) is 8.42 Å². The number of hydrogen-bond donors (Lipinski definition) is 0. The van der Waals surface area contributed by atoms with Crippen molar-refractivity contribution >= 4 is 16.2 Å². The predicted molar refractivity (Wildman–Crippen MR) is 103 cm³/mol. The van der Waals surface area contributed by atoms with E-state index in [-0.39, 0.29) is 4.90 Å². The van der Waals surface area contributed by atoms with Gasteiger partial charge in [0.15, 0.2) is 0 Å². The molecule has 0 heterocycles. The highest BCUT2D eigenvalue weighted by molar-refractivity contribution is 7.90. The third kappa shape index (κ3) is 4.80. The van der Waals surface area contributed by atoms with Gasteiger partial charge in [0.2, 0.25) is 0 Å². The number of aryl methyl sites for hydroxylation is 1. The molecule has 0 N–H and O–H groups in total. The van der Waals surface area contributed by atoms with E-state index in [1.807, 2.05) is 37.3 Å². The van der Waals surface area contributed by atoms with Crippen molar-refractivity contribution in [1.82, 2.24) is 0 Å². The van der Waals surface area contributed by atoms with Gasteiger partial charge in [0.05, 0.1) is 4.90 Å². The van der Waals surface area contributed by atoms with Gasteiger partial charge in [0.25, 0.3) is 10.0 Å². The van der Waals surface area contributed by atoms with Crippen LogP contribution in [-0.2, 0) is 16.6 Å². The Morgan fingerprint density at radius 1 is 0.885 bits per heavy atom. The molecule has 0 unspecified atom stereocenters. The van der Waals surface area contributed by atoms with Gasteiger partial charge >= 0.3 is 0 Å². The zero-order valence-electron chi connectivity index (χ0n) is 14.4. The van der Waals surface area contributed by atoms with Crippen molar-refractivity contribution in [3.05, 3.63) is 95.6 Å². The summed E-state index contributed by atoms with van der Waals surface area (Å²) in [5.41, 5.74) is 2.77.